The second-order valence-corrected chi connectivity index (χ2v) is 11.1. The average Bonchev–Trinajstić information content (AvgIpc) is 2.83. The molecule has 0 heterocycles. The average molecular weight is 479 g/mol. The van der Waals surface area contributed by atoms with Gasteiger partial charge in [0.1, 0.15) is 11.2 Å². The minimum Gasteiger partial charge on any atom is -0.480 e. The molecule has 0 aliphatic heterocycles. The van der Waals surface area contributed by atoms with Crippen molar-refractivity contribution < 1.29 is 24.1 Å². The second-order valence-electron chi connectivity index (χ2n) is 11.1. The number of hydrogen-bond acceptors (Lipinski definition) is 4. The molecule has 3 unspecified atom stereocenters. The van der Waals surface area contributed by atoms with Crippen LogP contribution in [0.3, 0.4) is 0 Å². The Hall–Kier alpha value is -2.37. The molecule has 1 N–H and O–H groups in total. The summed E-state index contributed by atoms with van der Waals surface area (Å²) < 4.78 is 17.1. The number of carboxylic acid groups (broad SMARTS) is 1. The summed E-state index contributed by atoms with van der Waals surface area (Å²) in [5.74, 6) is 2.12. The third-order valence-electron chi connectivity index (χ3n) is 8.94. The predicted molar refractivity (Wildman–Crippen MR) is 135 cm³/mol. The van der Waals surface area contributed by atoms with Crippen molar-refractivity contribution in [1.29, 1.82) is 0 Å². The Labute approximate surface area is 208 Å². The molecule has 4 saturated carbocycles. The fourth-order valence-corrected chi connectivity index (χ4v) is 7.73. The van der Waals surface area contributed by atoms with Crippen LogP contribution in [0, 0.1) is 23.2 Å². The summed E-state index contributed by atoms with van der Waals surface area (Å²) in [6.07, 6.45) is 18.7. The predicted octanol–water partition coefficient (Wildman–Crippen LogP) is 6.36. The zero-order chi connectivity index (χ0) is 24.6. The van der Waals surface area contributed by atoms with Gasteiger partial charge in [-0.2, -0.15) is 0 Å². The molecule has 4 bridgehead atoms. The van der Waals surface area contributed by atoms with E-state index in [0.717, 1.165) is 29.1 Å². The first kappa shape index (κ1) is 24.3. The first-order valence-corrected chi connectivity index (χ1v) is 13.0. The zero-order valence-corrected chi connectivity index (χ0v) is 21.1. The number of benzene rings is 1. The summed E-state index contributed by atoms with van der Waals surface area (Å²) in [4.78, 5) is 12.6. The molecule has 5 aliphatic carbocycles. The summed E-state index contributed by atoms with van der Waals surface area (Å²) >= 11 is 0. The molecule has 0 saturated heterocycles. The van der Waals surface area contributed by atoms with Crippen molar-refractivity contribution >= 4 is 5.97 Å². The van der Waals surface area contributed by atoms with Crippen LogP contribution >= 0.6 is 0 Å². The number of hydrogen-bond donors (Lipinski definition) is 1. The van der Waals surface area contributed by atoms with Crippen molar-refractivity contribution in [1.82, 2.24) is 0 Å². The van der Waals surface area contributed by atoms with Crippen molar-refractivity contribution in [3.8, 4) is 5.75 Å². The number of carboxylic acids is 1. The summed E-state index contributed by atoms with van der Waals surface area (Å²) in [5, 5.41) is 10.3. The molecular formula is C30H38O5. The van der Waals surface area contributed by atoms with Crippen LogP contribution in [-0.2, 0) is 19.7 Å². The van der Waals surface area contributed by atoms with E-state index in [0.29, 0.717) is 0 Å². The summed E-state index contributed by atoms with van der Waals surface area (Å²) in [5.41, 5.74) is 1.27. The van der Waals surface area contributed by atoms with E-state index in [-0.39, 0.29) is 24.4 Å². The molecule has 0 amide bonds. The van der Waals surface area contributed by atoms with Crippen LogP contribution in [0.15, 0.2) is 54.7 Å². The van der Waals surface area contributed by atoms with Crippen molar-refractivity contribution in [3.05, 3.63) is 65.8 Å². The highest BCUT2D eigenvalue weighted by Crippen LogP contribution is 2.62. The van der Waals surface area contributed by atoms with Crippen molar-refractivity contribution in [2.24, 2.45) is 23.2 Å². The maximum atomic E-state index is 12.6. The number of carbonyl (C=O) groups is 1. The maximum absolute atomic E-state index is 12.6. The molecule has 35 heavy (non-hydrogen) atoms. The van der Waals surface area contributed by atoms with Gasteiger partial charge in [-0.1, -0.05) is 48.6 Å². The quantitative estimate of drug-likeness (QED) is 0.331. The summed E-state index contributed by atoms with van der Waals surface area (Å²) in [7, 11) is 1.62. The van der Waals surface area contributed by atoms with Gasteiger partial charge in [-0.15, -0.1) is 0 Å². The van der Waals surface area contributed by atoms with E-state index in [9.17, 15) is 9.90 Å². The minimum absolute atomic E-state index is 0.105. The van der Waals surface area contributed by atoms with Gasteiger partial charge < -0.3 is 19.3 Å². The fourth-order valence-electron chi connectivity index (χ4n) is 7.73. The van der Waals surface area contributed by atoms with Crippen LogP contribution in [0.2, 0.25) is 0 Å². The lowest BCUT2D eigenvalue weighted by Gasteiger charge is -2.57. The Bertz CT molecular complexity index is 1000. The maximum Gasteiger partial charge on any atom is 0.318 e. The first-order chi connectivity index (χ1) is 16.9. The van der Waals surface area contributed by atoms with Crippen LogP contribution in [0.5, 0.6) is 5.75 Å². The van der Waals surface area contributed by atoms with E-state index >= 15 is 0 Å². The first-order valence-electron chi connectivity index (χ1n) is 13.0. The highest BCUT2D eigenvalue weighted by molar-refractivity contribution is 5.82. The van der Waals surface area contributed by atoms with Crippen molar-refractivity contribution in [3.63, 3.8) is 0 Å². The summed E-state index contributed by atoms with van der Waals surface area (Å²) in [6.45, 7) is 3.85. The number of ether oxygens (including phenoxy) is 3. The summed E-state index contributed by atoms with van der Waals surface area (Å²) in [6, 6.07) is 6.34. The minimum atomic E-state index is -1.10. The SMILES string of the molecule is CC=CC1(C(=O)O)C=CC=CC1c1ccc(OCOC(C)OC)c(C23CC4CC(CC(C4)C2)C3)c1. The number of rotatable bonds is 9. The van der Waals surface area contributed by atoms with E-state index in [1.807, 2.05) is 62.4 Å². The van der Waals surface area contributed by atoms with E-state index in [1.54, 1.807) is 7.11 Å². The topological polar surface area (TPSA) is 65.0 Å². The molecule has 0 radical (unpaired) electrons. The van der Waals surface area contributed by atoms with Gasteiger partial charge in [0.05, 0.1) is 0 Å². The molecule has 4 fully saturated rings. The highest BCUT2D eigenvalue weighted by atomic mass is 16.7. The van der Waals surface area contributed by atoms with E-state index < -0.39 is 11.4 Å². The Morgan fingerprint density at radius 2 is 1.83 bits per heavy atom. The molecular weight excluding hydrogens is 440 g/mol. The van der Waals surface area contributed by atoms with Gasteiger partial charge in [0.15, 0.2) is 13.1 Å². The molecule has 5 aliphatic rings. The monoisotopic (exact) mass is 478 g/mol. The lowest BCUT2D eigenvalue weighted by molar-refractivity contribution is -0.150. The Balaban J connectivity index is 1.55. The lowest BCUT2D eigenvalue weighted by atomic mass is 9.48. The van der Waals surface area contributed by atoms with Crippen LogP contribution in [0.25, 0.3) is 0 Å². The Kier molecular flexibility index (Phi) is 6.67. The molecule has 5 heteroatoms. The van der Waals surface area contributed by atoms with Gasteiger partial charge in [-0.25, -0.2) is 0 Å². The highest BCUT2D eigenvalue weighted by Gasteiger charge is 2.53. The van der Waals surface area contributed by atoms with Crippen molar-refractivity contribution in [2.75, 3.05) is 13.9 Å². The van der Waals surface area contributed by atoms with Crippen LogP contribution in [-0.4, -0.2) is 31.3 Å². The van der Waals surface area contributed by atoms with E-state index in [1.165, 1.54) is 44.1 Å². The second kappa shape index (κ2) is 9.59. The molecule has 0 aromatic heterocycles. The molecule has 6 rings (SSSR count). The number of allylic oxidation sites excluding steroid dienone is 4. The molecule has 0 spiro atoms. The Morgan fingerprint density at radius 3 is 2.43 bits per heavy atom. The van der Waals surface area contributed by atoms with Crippen molar-refractivity contribution in [2.45, 2.75) is 70.0 Å². The number of methoxy groups -OCH3 is 1. The smallest absolute Gasteiger partial charge is 0.318 e. The fraction of sp³-hybridized carbons (Fsp3) is 0.567. The van der Waals surface area contributed by atoms with Gasteiger partial charge in [-0.05, 0) is 87.2 Å². The van der Waals surface area contributed by atoms with Crippen LogP contribution < -0.4 is 4.74 Å². The van der Waals surface area contributed by atoms with Crippen LogP contribution in [0.4, 0.5) is 0 Å². The third kappa shape index (κ3) is 4.38. The Morgan fingerprint density at radius 1 is 1.14 bits per heavy atom. The molecule has 3 atom stereocenters. The zero-order valence-electron chi connectivity index (χ0n) is 21.1. The normalized spacial score (nSPS) is 36.1. The molecule has 188 valence electrons. The number of aliphatic carboxylic acids is 1. The molecule has 1 aromatic carbocycles. The van der Waals surface area contributed by atoms with E-state index in [4.69, 9.17) is 14.2 Å². The van der Waals surface area contributed by atoms with Gasteiger partial charge >= 0.3 is 5.97 Å². The van der Waals surface area contributed by atoms with Gasteiger partial charge in [-0.3, -0.25) is 4.79 Å². The van der Waals surface area contributed by atoms with E-state index in [2.05, 4.69) is 6.07 Å². The standard InChI is InChI=1S/C30H38O5/c1-4-10-30(28(31)32)11-6-5-7-25(30)24-8-9-27(35-19-34-20(2)33-3)26(15-24)29-16-21-12-22(17-29)14-23(13-21)18-29/h4-11,15,20-23,25H,12-14,16-19H2,1-3H3,(H,31,32). The van der Waals surface area contributed by atoms with Gasteiger partial charge in [0.2, 0.25) is 0 Å². The van der Waals surface area contributed by atoms with Crippen LogP contribution in [0.1, 0.15) is 69.4 Å². The van der Waals surface area contributed by atoms with Gasteiger partial charge in [0, 0.05) is 18.6 Å². The molecule has 1 aromatic rings. The van der Waals surface area contributed by atoms with Gasteiger partial charge in [0.25, 0.3) is 0 Å². The third-order valence-corrected chi connectivity index (χ3v) is 8.94. The lowest BCUT2D eigenvalue weighted by Crippen LogP contribution is -2.48. The molecule has 5 nitrogen and oxygen atoms in total. The largest absolute Gasteiger partial charge is 0.480 e.